The number of carbonyl (C=O) groups is 3. The highest BCUT2D eigenvalue weighted by Crippen LogP contribution is 2.36. The lowest BCUT2D eigenvalue weighted by Crippen LogP contribution is -2.48. The number of urea groups is 1. The highest BCUT2D eigenvalue weighted by Gasteiger charge is 2.54. The number of ether oxygens (including phenoxy) is 1. The normalized spacial score (nSPS) is 19.7. The van der Waals surface area contributed by atoms with Crippen LogP contribution in [0.1, 0.15) is 53.4 Å². The number of carbonyl (C=O) groups excluding carboxylic acids is 3. The van der Waals surface area contributed by atoms with Crippen molar-refractivity contribution in [1.29, 1.82) is 0 Å². The van der Waals surface area contributed by atoms with Gasteiger partial charge in [0.25, 0.3) is 5.91 Å². The van der Waals surface area contributed by atoms with Crippen molar-refractivity contribution in [3.8, 4) is 5.75 Å². The number of amides is 4. The fraction of sp³-hybridized carbons (Fsp3) is 0.550. The van der Waals surface area contributed by atoms with Crippen molar-refractivity contribution in [3.63, 3.8) is 0 Å². The molecular formula is C20H26FN3O4. The summed E-state index contributed by atoms with van der Waals surface area (Å²) in [5, 5.41) is 5.41. The van der Waals surface area contributed by atoms with Gasteiger partial charge in [-0.2, -0.15) is 0 Å². The predicted molar refractivity (Wildman–Crippen MR) is 101 cm³/mol. The third kappa shape index (κ3) is 3.81. The Balaban J connectivity index is 1.78. The molecule has 0 bridgehead atoms. The molecule has 1 heterocycles. The molecule has 1 aromatic rings. The number of anilines is 1. The minimum absolute atomic E-state index is 0.178. The van der Waals surface area contributed by atoms with Gasteiger partial charge in [-0.15, -0.1) is 0 Å². The summed E-state index contributed by atoms with van der Waals surface area (Å²) < 4.78 is 19.4. The number of halogens is 1. The van der Waals surface area contributed by atoms with Gasteiger partial charge >= 0.3 is 6.03 Å². The first kappa shape index (κ1) is 20.1. The lowest BCUT2D eigenvalue weighted by molar-refractivity contribution is -0.136. The molecule has 1 aromatic carbocycles. The molecule has 0 radical (unpaired) electrons. The molecule has 3 rings (SSSR count). The summed E-state index contributed by atoms with van der Waals surface area (Å²) >= 11 is 0. The summed E-state index contributed by atoms with van der Waals surface area (Å²) in [5.41, 5.74) is -1.20. The van der Waals surface area contributed by atoms with Crippen LogP contribution >= 0.6 is 0 Å². The Morgan fingerprint density at radius 3 is 2.54 bits per heavy atom. The van der Waals surface area contributed by atoms with E-state index in [2.05, 4.69) is 10.6 Å². The van der Waals surface area contributed by atoms with E-state index in [1.165, 1.54) is 25.1 Å². The van der Waals surface area contributed by atoms with Crippen molar-refractivity contribution in [1.82, 2.24) is 10.2 Å². The molecule has 2 N–H and O–H groups in total. The summed E-state index contributed by atoms with van der Waals surface area (Å²) in [6.07, 6.45) is 2.90. The molecule has 1 aliphatic carbocycles. The molecule has 4 amide bonds. The molecule has 2 aliphatic rings. The molecule has 8 heteroatoms. The van der Waals surface area contributed by atoms with Crippen molar-refractivity contribution in [3.05, 3.63) is 24.0 Å². The smallest absolute Gasteiger partial charge is 0.325 e. The number of nitrogens with one attached hydrogen (secondary N) is 2. The number of benzene rings is 1. The zero-order valence-corrected chi connectivity index (χ0v) is 16.6. The fourth-order valence-electron chi connectivity index (χ4n) is 3.68. The molecule has 1 spiro atoms. The molecule has 0 unspecified atom stereocenters. The first-order chi connectivity index (χ1) is 13.0. The largest absolute Gasteiger partial charge is 0.486 e. The SMILES string of the molecule is C[C@@H](C(=O)Nc1ccc(F)cc1OC(C)(C)C)N1C(=O)NC2(CCCC2)C1=O. The lowest BCUT2D eigenvalue weighted by Gasteiger charge is -2.25. The monoisotopic (exact) mass is 391 g/mol. The maximum atomic E-state index is 13.6. The van der Waals surface area contributed by atoms with Crippen LogP contribution in [-0.2, 0) is 9.59 Å². The Hall–Kier alpha value is -2.64. The first-order valence-corrected chi connectivity index (χ1v) is 9.48. The van der Waals surface area contributed by atoms with Gasteiger partial charge in [0.2, 0.25) is 5.91 Å². The topological polar surface area (TPSA) is 87.7 Å². The van der Waals surface area contributed by atoms with Gasteiger partial charge in [-0.25, -0.2) is 14.1 Å². The van der Waals surface area contributed by atoms with Crippen LogP contribution in [0, 0.1) is 5.82 Å². The number of rotatable bonds is 4. The highest BCUT2D eigenvalue weighted by atomic mass is 19.1. The van der Waals surface area contributed by atoms with Gasteiger partial charge < -0.3 is 15.4 Å². The van der Waals surface area contributed by atoms with Crippen molar-refractivity contribution < 1.29 is 23.5 Å². The van der Waals surface area contributed by atoms with Crippen LogP contribution in [0.3, 0.4) is 0 Å². The third-order valence-electron chi connectivity index (χ3n) is 5.03. The average Bonchev–Trinajstić information content (AvgIpc) is 3.14. The lowest BCUT2D eigenvalue weighted by atomic mass is 9.97. The quantitative estimate of drug-likeness (QED) is 0.772. The van der Waals surface area contributed by atoms with E-state index < -0.39 is 34.9 Å². The fourth-order valence-corrected chi connectivity index (χ4v) is 3.68. The van der Waals surface area contributed by atoms with Gasteiger partial charge in [0.15, 0.2) is 0 Å². The maximum absolute atomic E-state index is 13.6. The molecule has 1 saturated carbocycles. The van der Waals surface area contributed by atoms with E-state index in [1.54, 1.807) is 20.8 Å². The minimum Gasteiger partial charge on any atom is -0.486 e. The van der Waals surface area contributed by atoms with Crippen LogP contribution in [-0.4, -0.2) is 39.9 Å². The van der Waals surface area contributed by atoms with Crippen molar-refractivity contribution in [2.24, 2.45) is 0 Å². The Kier molecular flexibility index (Phi) is 5.08. The molecule has 0 aromatic heterocycles. The van der Waals surface area contributed by atoms with E-state index in [9.17, 15) is 18.8 Å². The van der Waals surface area contributed by atoms with Crippen molar-refractivity contribution in [2.75, 3.05) is 5.32 Å². The van der Waals surface area contributed by atoms with Crippen LogP contribution in [0.15, 0.2) is 18.2 Å². The van der Waals surface area contributed by atoms with Gasteiger partial charge in [0.1, 0.15) is 28.7 Å². The van der Waals surface area contributed by atoms with E-state index in [0.29, 0.717) is 12.8 Å². The van der Waals surface area contributed by atoms with Crippen molar-refractivity contribution in [2.45, 2.75) is 70.6 Å². The third-order valence-corrected chi connectivity index (χ3v) is 5.03. The van der Waals surface area contributed by atoms with Crippen LogP contribution in [0.2, 0.25) is 0 Å². The second-order valence-electron chi connectivity index (χ2n) is 8.41. The summed E-state index contributed by atoms with van der Waals surface area (Å²) in [6, 6.07) is 2.22. The first-order valence-electron chi connectivity index (χ1n) is 9.48. The molecule has 28 heavy (non-hydrogen) atoms. The number of hydrogen-bond acceptors (Lipinski definition) is 4. The zero-order chi connectivity index (χ0) is 20.7. The van der Waals surface area contributed by atoms with E-state index in [4.69, 9.17) is 4.74 Å². The second-order valence-corrected chi connectivity index (χ2v) is 8.41. The molecular weight excluding hydrogens is 365 g/mol. The average molecular weight is 391 g/mol. The summed E-state index contributed by atoms with van der Waals surface area (Å²) in [7, 11) is 0. The van der Waals surface area contributed by atoms with E-state index in [0.717, 1.165) is 17.7 Å². The highest BCUT2D eigenvalue weighted by molar-refractivity contribution is 6.11. The van der Waals surface area contributed by atoms with Crippen molar-refractivity contribution >= 4 is 23.5 Å². The molecule has 1 aliphatic heterocycles. The standard InChI is InChI=1S/C20H26FN3O4/c1-12(24-17(26)20(23-18(24)27)9-5-6-10-20)16(25)22-14-8-7-13(21)11-15(14)28-19(2,3)4/h7-8,11-12H,5-6,9-10H2,1-4H3,(H,22,25)(H,23,27)/t12-/m0/s1. The van der Waals surface area contributed by atoms with Crippen LogP contribution in [0.5, 0.6) is 5.75 Å². The molecule has 2 fully saturated rings. The molecule has 1 saturated heterocycles. The molecule has 152 valence electrons. The number of nitrogens with zero attached hydrogens (tertiary/aromatic N) is 1. The molecule has 7 nitrogen and oxygen atoms in total. The van der Waals surface area contributed by atoms with Gasteiger partial charge in [-0.05, 0) is 52.7 Å². The van der Waals surface area contributed by atoms with E-state index >= 15 is 0 Å². The predicted octanol–water partition coefficient (Wildman–Crippen LogP) is 3.19. The molecule has 1 atom stereocenters. The Labute approximate surface area is 163 Å². The summed E-state index contributed by atoms with van der Waals surface area (Å²) in [6.45, 7) is 6.91. The van der Waals surface area contributed by atoms with Crippen LogP contribution in [0.25, 0.3) is 0 Å². The summed E-state index contributed by atoms with van der Waals surface area (Å²) in [4.78, 5) is 39.0. The Morgan fingerprint density at radius 1 is 1.29 bits per heavy atom. The van der Waals surface area contributed by atoms with Gasteiger partial charge in [0, 0.05) is 6.07 Å². The maximum Gasteiger partial charge on any atom is 0.325 e. The van der Waals surface area contributed by atoms with Gasteiger partial charge in [0.05, 0.1) is 5.69 Å². The van der Waals surface area contributed by atoms with Crippen LogP contribution < -0.4 is 15.4 Å². The van der Waals surface area contributed by atoms with Gasteiger partial charge in [-0.3, -0.25) is 9.59 Å². The summed E-state index contributed by atoms with van der Waals surface area (Å²) in [5.74, 6) is -1.23. The Bertz CT molecular complexity index is 812. The van der Waals surface area contributed by atoms with E-state index in [-0.39, 0.29) is 17.3 Å². The minimum atomic E-state index is -1.01. The van der Waals surface area contributed by atoms with Crippen LogP contribution in [0.4, 0.5) is 14.9 Å². The van der Waals surface area contributed by atoms with Gasteiger partial charge in [-0.1, -0.05) is 12.8 Å². The second kappa shape index (κ2) is 7.07. The Morgan fingerprint density at radius 2 is 1.93 bits per heavy atom. The van der Waals surface area contributed by atoms with E-state index in [1.807, 2.05) is 0 Å². The number of hydrogen-bond donors (Lipinski definition) is 2. The zero-order valence-electron chi connectivity index (χ0n) is 16.6. The number of imide groups is 1.